The Morgan fingerprint density at radius 3 is 2.41 bits per heavy atom. The summed E-state index contributed by atoms with van der Waals surface area (Å²) in [6.45, 7) is 7.15. The predicted molar refractivity (Wildman–Crippen MR) is 150 cm³/mol. The minimum Gasteiger partial charge on any atom is -0.478 e. The molecule has 2 aromatic carbocycles. The molecule has 37 heavy (non-hydrogen) atoms. The van der Waals surface area contributed by atoms with Crippen LogP contribution >= 0.6 is 11.6 Å². The van der Waals surface area contributed by atoms with Crippen molar-refractivity contribution < 1.29 is 19.4 Å². The minimum absolute atomic E-state index is 0.0280. The van der Waals surface area contributed by atoms with Gasteiger partial charge in [0.05, 0.1) is 5.56 Å². The van der Waals surface area contributed by atoms with Crippen molar-refractivity contribution in [1.29, 1.82) is 0 Å². The first-order valence-electron chi connectivity index (χ1n) is 13.6. The Bertz CT molecular complexity index is 1030. The number of rotatable bonds is 13. The number of carboxylic acids is 1. The minimum atomic E-state index is -1.31. The number of aliphatic carboxylic acids is 1. The van der Waals surface area contributed by atoms with Gasteiger partial charge >= 0.3 is 5.97 Å². The molecule has 1 saturated heterocycles. The van der Waals surface area contributed by atoms with Crippen molar-refractivity contribution in [3.05, 3.63) is 58.6 Å². The van der Waals surface area contributed by atoms with Gasteiger partial charge < -0.3 is 20.1 Å². The van der Waals surface area contributed by atoms with E-state index in [1.807, 2.05) is 24.3 Å². The summed E-state index contributed by atoms with van der Waals surface area (Å²) in [5.74, 6) is -0.604. The molecule has 1 unspecified atom stereocenters. The molecule has 1 heterocycles. The number of nitrogens with one attached hydrogen (secondary N) is 1. The first kappa shape index (κ1) is 28.8. The lowest BCUT2D eigenvalue weighted by Crippen LogP contribution is -2.38. The van der Waals surface area contributed by atoms with Gasteiger partial charge in [-0.05, 0) is 81.8 Å². The molecule has 0 aliphatic carbocycles. The third-order valence-electron chi connectivity index (χ3n) is 6.93. The number of amides is 1. The van der Waals surface area contributed by atoms with E-state index >= 15 is 0 Å². The zero-order valence-electron chi connectivity index (χ0n) is 22.4. The van der Waals surface area contributed by atoms with E-state index in [1.165, 1.54) is 26.7 Å². The van der Waals surface area contributed by atoms with E-state index in [1.54, 1.807) is 18.2 Å². The Morgan fingerprint density at radius 1 is 1.05 bits per heavy atom. The molecule has 1 fully saturated rings. The van der Waals surface area contributed by atoms with E-state index in [0.29, 0.717) is 22.8 Å². The first-order valence-corrected chi connectivity index (χ1v) is 13.9. The molecule has 1 aliphatic heterocycles. The smallest absolute Gasteiger partial charge is 0.347 e. The molecule has 0 bridgehead atoms. The van der Waals surface area contributed by atoms with Gasteiger partial charge in [-0.3, -0.25) is 4.79 Å². The molecular weight excluding hydrogens is 488 g/mol. The van der Waals surface area contributed by atoms with E-state index in [9.17, 15) is 14.7 Å². The number of hydrogen-bond acceptors (Lipinski definition) is 4. The van der Waals surface area contributed by atoms with E-state index in [4.69, 9.17) is 16.3 Å². The monoisotopic (exact) mass is 528 g/mol. The number of carboxylic acid groups (broad SMARTS) is 1. The largest absolute Gasteiger partial charge is 0.478 e. The zero-order chi connectivity index (χ0) is 26.8. The number of piperidine rings is 1. The van der Waals surface area contributed by atoms with Crippen molar-refractivity contribution in [3.63, 3.8) is 0 Å². The van der Waals surface area contributed by atoms with Crippen LogP contribution in [0.2, 0.25) is 5.02 Å². The van der Waals surface area contributed by atoms with Crippen molar-refractivity contribution in [2.75, 3.05) is 18.0 Å². The van der Waals surface area contributed by atoms with Crippen molar-refractivity contribution in [2.45, 2.75) is 90.2 Å². The Morgan fingerprint density at radius 2 is 1.76 bits per heavy atom. The fourth-order valence-electron chi connectivity index (χ4n) is 4.72. The summed E-state index contributed by atoms with van der Waals surface area (Å²) in [6.07, 6.45) is 9.57. The van der Waals surface area contributed by atoms with Crippen LogP contribution in [0.4, 0.5) is 5.69 Å². The molecule has 202 valence electrons. The van der Waals surface area contributed by atoms with Gasteiger partial charge in [0.25, 0.3) is 5.91 Å². The number of ether oxygens (including phenoxy) is 1. The highest BCUT2D eigenvalue weighted by Gasteiger charge is 2.29. The summed E-state index contributed by atoms with van der Waals surface area (Å²) in [7, 11) is 0. The van der Waals surface area contributed by atoms with E-state index < -0.39 is 11.6 Å². The molecular formula is C30H41ClN2O4. The number of nitrogens with zero attached hydrogens (tertiary/aromatic N) is 1. The zero-order valence-corrected chi connectivity index (χ0v) is 23.2. The molecule has 0 saturated carbocycles. The van der Waals surface area contributed by atoms with Gasteiger partial charge in [0, 0.05) is 29.8 Å². The highest BCUT2D eigenvalue weighted by molar-refractivity contribution is 6.31. The van der Waals surface area contributed by atoms with Crippen LogP contribution in [0.5, 0.6) is 5.75 Å². The second-order valence-corrected chi connectivity index (χ2v) is 10.9. The maximum absolute atomic E-state index is 13.6. The summed E-state index contributed by atoms with van der Waals surface area (Å²) in [6, 6.07) is 13.1. The van der Waals surface area contributed by atoms with E-state index in [-0.39, 0.29) is 11.9 Å². The Hall–Kier alpha value is -2.73. The number of unbranched alkanes of at least 4 members (excludes halogenated alkanes) is 3. The maximum atomic E-state index is 13.6. The lowest BCUT2D eigenvalue weighted by Gasteiger charge is -2.31. The topological polar surface area (TPSA) is 78.9 Å². The molecule has 0 aromatic heterocycles. The molecule has 0 spiro atoms. The quantitative estimate of drug-likeness (QED) is 0.277. The number of halogens is 1. The summed E-state index contributed by atoms with van der Waals surface area (Å²) >= 11 is 6.32. The number of benzene rings is 2. The third kappa shape index (κ3) is 8.67. The summed E-state index contributed by atoms with van der Waals surface area (Å²) in [5.41, 5.74) is 1.34. The van der Waals surface area contributed by atoms with E-state index in [2.05, 4.69) is 17.1 Å². The van der Waals surface area contributed by atoms with E-state index in [0.717, 1.165) is 62.9 Å². The van der Waals surface area contributed by atoms with Crippen molar-refractivity contribution in [3.8, 4) is 5.75 Å². The lowest BCUT2D eigenvalue weighted by molar-refractivity contribution is -0.152. The first-order chi connectivity index (χ1) is 17.7. The number of carbonyl (C=O) groups is 2. The van der Waals surface area contributed by atoms with Crippen LogP contribution in [0.1, 0.15) is 88.1 Å². The van der Waals surface area contributed by atoms with Crippen LogP contribution in [0.3, 0.4) is 0 Å². The molecule has 3 rings (SSSR count). The van der Waals surface area contributed by atoms with Crippen LogP contribution in [-0.4, -0.2) is 41.7 Å². The van der Waals surface area contributed by atoms with Crippen LogP contribution in [0.25, 0.3) is 0 Å². The lowest BCUT2D eigenvalue weighted by atomic mass is 9.99. The maximum Gasteiger partial charge on any atom is 0.347 e. The van der Waals surface area contributed by atoms with Crippen molar-refractivity contribution >= 4 is 29.2 Å². The van der Waals surface area contributed by atoms with Crippen molar-refractivity contribution in [1.82, 2.24) is 5.32 Å². The van der Waals surface area contributed by atoms with Crippen LogP contribution in [0, 0.1) is 0 Å². The second-order valence-electron chi connectivity index (χ2n) is 10.5. The van der Waals surface area contributed by atoms with Gasteiger partial charge in [0.1, 0.15) is 5.75 Å². The Labute approximate surface area is 226 Å². The standard InChI is InChI=1S/C30H41ClN2O4/c1-4-5-6-8-11-24(20-22-12-15-25(16-13-22)37-30(2,3)29(35)36)32-28(34)26-21-23(31)14-17-27(26)33-18-9-7-10-19-33/h12-17,21,24H,4-11,18-20H2,1-3H3,(H,32,34)(H,35,36). The molecule has 1 atom stereocenters. The average molecular weight is 529 g/mol. The summed E-state index contributed by atoms with van der Waals surface area (Å²) in [4.78, 5) is 27.2. The van der Waals surface area contributed by atoms with Crippen LogP contribution in [0.15, 0.2) is 42.5 Å². The fourth-order valence-corrected chi connectivity index (χ4v) is 4.90. The number of anilines is 1. The molecule has 0 radical (unpaired) electrons. The average Bonchev–Trinajstić information content (AvgIpc) is 2.88. The Kier molecular flexibility index (Phi) is 10.7. The highest BCUT2D eigenvalue weighted by atomic mass is 35.5. The highest BCUT2D eigenvalue weighted by Crippen LogP contribution is 2.28. The fraction of sp³-hybridized carbons (Fsp3) is 0.533. The normalized spacial score (nSPS) is 14.8. The Balaban J connectivity index is 1.74. The predicted octanol–water partition coefficient (Wildman–Crippen LogP) is 6.88. The van der Waals surface area contributed by atoms with Gasteiger partial charge in [0.2, 0.25) is 0 Å². The number of carbonyl (C=O) groups excluding carboxylic acids is 1. The van der Waals surface area contributed by atoms with Gasteiger partial charge in [0.15, 0.2) is 5.60 Å². The molecule has 7 heteroatoms. The SMILES string of the molecule is CCCCCCC(Cc1ccc(OC(C)(C)C(=O)O)cc1)NC(=O)c1cc(Cl)ccc1N1CCCCC1. The molecule has 1 amide bonds. The van der Waals surface area contributed by atoms with Crippen LogP contribution < -0.4 is 15.0 Å². The summed E-state index contributed by atoms with van der Waals surface area (Å²) in [5, 5.41) is 13.2. The molecule has 2 aromatic rings. The van der Waals surface area contributed by atoms with Gasteiger partial charge in [-0.25, -0.2) is 4.79 Å². The summed E-state index contributed by atoms with van der Waals surface area (Å²) < 4.78 is 5.63. The third-order valence-corrected chi connectivity index (χ3v) is 7.17. The molecule has 6 nitrogen and oxygen atoms in total. The van der Waals surface area contributed by atoms with Gasteiger partial charge in [-0.2, -0.15) is 0 Å². The second kappa shape index (κ2) is 13.7. The number of hydrogen-bond donors (Lipinski definition) is 2. The van der Waals surface area contributed by atoms with Gasteiger partial charge in [-0.15, -0.1) is 0 Å². The van der Waals surface area contributed by atoms with Gasteiger partial charge in [-0.1, -0.05) is 56.3 Å². The molecule has 1 aliphatic rings. The van der Waals surface area contributed by atoms with Crippen molar-refractivity contribution in [2.24, 2.45) is 0 Å². The molecule has 2 N–H and O–H groups in total. The van der Waals surface area contributed by atoms with Crippen LogP contribution in [-0.2, 0) is 11.2 Å².